The summed E-state index contributed by atoms with van der Waals surface area (Å²) in [7, 11) is 0. The number of azo groups is 1. The second-order valence-corrected chi connectivity index (χ2v) is 6.04. The van der Waals surface area contributed by atoms with Crippen molar-refractivity contribution in [2.24, 2.45) is 10.2 Å². The Hall–Kier alpha value is -3.06. The van der Waals surface area contributed by atoms with E-state index in [9.17, 15) is 9.59 Å². The van der Waals surface area contributed by atoms with Crippen LogP contribution in [-0.4, -0.2) is 23.6 Å². The van der Waals surface area contributed by atoms with Crippen molar-refractivity contribution in [1.82, 2.24) is 10.8 Å². The maximum atomic E-state index is 12.1. The molecule has 0 aliphatic carbocycles. The van der Waals surface area contributed by atoms with Crippen LogP contribution in [0, 0.1) is 0 Å². The van der Waals surface area contributed by atoms with E-state index in [4.69, 9.17) is 5.21 Å². The predicted molar refractivity (Wildman–Crippen MR) is 102 cm³/mol. The Balaban J connectivity index is 1.68. The Morgan fingerprint density at radius 1 is 0.815 bits per heavy atom. The minimum atomic E-state index is -0.366. The van der Waals surface area contributed by atoms with Gasteiger partial charge in [0.05, 0.1) is 11.4 Å². The molecule has 0 atom stereocenters. The Labute approximate surface area is 158 Å². The van der Waals surface area contributed by atoms with E-state index in [0.717, 1.165) is 31.4 Å². The first-order valence-corrected chi connectivity index (χ1v) is 8.97. The van der Waals surface area contributed by atoms with Crippen LogP contribution >= 0.6 is 0 Å². The Bertz CT molecular complexity index is 746. The van der Waals surface area contributed by atoms with Crippen LogP contribution in [0.1, 0.15) is 42.5 Å². The monoisotopic (exact) mass is 368 g/mol. The number of carbonyl (C=O) groups excluding carboxylic acids is 2. The molecule has 0 saturated carbocycles. The largest absolute Gasteiger partial charge is 0.352 e. The van der Waals surface area contributed by atoms with Crippen molar-refractivity contribution < 1.29 is 14.8 Å². The van der Waals surface area contributed by atoms with Crippen LogP contribution in [-0.2, 0) is 4.79 Å². The first-order chi connectivity index (χ1) is 13.2. The highest BCUT2D eigenvalue weighted by atomic mass is 16.5. The number of rotatable bonds is 10. The standard InChI is InChI=1S/C20H24N4O3/c25-19(24-27)10-6-1-2-7-15-21-20(26)16-11-13-18(14-12-16)23-22-17-8-4-3-5-9-17/h3-5,8-9,11-14,27H,1-2,6-7,10,15H2,(H,21,26)(H,24,25). The molecule has 2 aromatic carbocycles. The van der Waals surface area contributed by atoms with Crippen LogP contribution in [0.15, 0.2) is 64.8 Å². The fourth-order valence-corrected chi connectivity index (χ4v) is 2.41. The van der Waals surface area contributed by atoms with Gasteiger partial charge in [-0.05, 0) is 49.2 Å². The summed E-state index contributed by atoms with van der Waals surface area (Å²) in [6.07, 6.45) is 3.67. The number of unbranched alkanes of at least 4 members (excludes halogenated alkanes) is 3. The lowest BCUT2D eigenvalue weighted by Crippen LogP contribution is -2.24. The summed E-state index contributed by atoms with van der Waals surface area (Å²) in [6.45, 7) is 0.584. The van der Waals surface area contributed by atoms with Gasteiger partial charge in [-0.25, -0.2) is 5.48 Å². The normalized spacial score (nSPS) is 10.7. The van der Waals surface area contributed by atoms with E-state index in [1.165, 1.54) is 0 Å². The number of amides is 2. The van der Waals surface area contributed by atoms with Crippen molar-refractivity contribution in [2.75, 3.05) is 6.54 Å². The molecule has 0 unspecified atom stereocenters. The van der Waals surface area contributed by atoms with Crippen molar-refractivity contribution in [3.05, 3.63) is 60.2 Å². The summed E-state index contributed by atoms with van der Waals surface area (Å²) < 4.78 is 0. The summed E-state index contributed by atoms with van der Waals surface area (Å²) in [4.78, 5) is 23.0. The van der Waals surface area contributed by atoms with E-state index in [-0.39, 0.29) is 11.8 Å². The van der Waals surface area contributed by atoms with Gasteiger partial charge in [0.15, 0.2) is 0 Å². The van der Waals surface area contributed by atoms with Crippen molar-refractivity contribution in [3.63, 3.8) is 0 Å². The van der Waals surface area contributed by atoms with Crippen LogP contribution in [0.25, 0.3) is 0 Å². The van der Waals surface area contributed by atoms with E-state index < -0.39 is 0 Å². The SMILES string of the molecule is O=C(CCCCCCNC(=O)c1ccc(N=Nc2ccccc2)cc1)NO. The summed E-state index contributed by atoms with van der Waals surface area (Å²) in [5, 5.41) is 19.5. The zero-order valence-electron chi connectivity index (χ0n) is 15.1. The van der Waals surface area contributed by atoms with Crippen LogP contribution in [0.3, 0.4) is 0 Å². The van der Waals surface area contributed by atoms with E-state index >= 15 is 0 Å². The van der Waals surface area contributed by atoms with Gasteiger partial charge in [0.25, 0.3) is 5.91 Å². The van der Waals surface area contributed by atoms with Crippen LogP contribution < -0.4 is 10.8 Å². The fraction of sp³-hybridized carbons (Fsp3) is 0.300. The van der Waals surface area contributed by atoms with Gasteiger partial charge in [0.1, 0.15) is 0 Å². The minimum absolute atomic E-state index is 0.124. The molecule has 0 aliphatic rings. The second kappa shape index (κ2) is 11.5. The summed E-state index contributed by atoms with van der Waals surface area (Å²) in [6, 6.07) is 16.4. The zero-order chi connectivity index (χ0) is 19.3. The molecular formula is C20H24N4O3. The molecular weight excluding hydrogens is 344 g/mol. The molecule has 7 heteroatoms. The number of carbonyl (C=O) groups is 2. The molecule has 3 N–H and O–H groups in total. The molecule has 0 bridgehead atoms. The molecule has 2 rings (SSSR count). The van der Waals surface area contributed by atoms with Gasteiger partial charge in [-0.2, -0.15) is 10.2 Å². The average molecular weight is 368 g/mol. The number of nitrogens with one attached hydrogen (secondary N) is 2. The third-order valence-corrected chi connectivity index (χ3v) is 3.91. The molecule has 0 fully saturated rings. The third-order valence-electron chi connectivity index (χ3n) is 3.91. The Kier molecular flexibility index (Phi) is 8.65. The van der Waals surface area contributed by atoms with Crippen molar-refractivity contribution >= 4 is 23.2 Å². The summed E-state index contributed by atoms with van der Waals surface area (Å²) in [5.74, 6) is -0.490. The van der Waals surface area contributed by atoms with Gasteiger partial charge in [0.2, 0.25) is 5.91 Å². The minimum Gasteiger partial charge on any atom is -0.352 e. The highest BCUT2D eigenvalue weighted by molar-refractivity contribution is 5.94. The average Bonchev–Trinajstić information content (AvgIpc) is 2.72. The number of nitrogens with zero attached hydrogens (tertiary/aromatic N) is 2. The molecule has 7 nitrogen and oxygen atoms in total. The van der Waals surface area contributed by atoms with Gasteiger partial charge in [-0.15, -0.1) is 0 Å². The number of hydrogen-bond acceptors (Lipinski definition) is 5. The van der Waals surface area contributed by atoms with E-state index in [1.54, 1.807) is 29.7 Å². The van der Waals surface area contributed by atoms with Crippen LogP contribution in [0.2, 0.25) is 0 Å². The number of hydrogen-bond donors (Lipinski definition) is 3. The molecule has 0 aliphatic heterocycles. The molecule has 0 heterocycles. The molecule has 0 aromatic heterocycles. The van der Waals surface area contributed by atoms with E-state index in [1.807, 2.05) is 30.3 Å². The predicted octanol–water partition coefficient (Wildman–Crippen LogP) is 4.29. The van der Waals surface area contributed by atoms with Crippen LogP contribution in [0.4, 0.5) is 11.4 Å². The fourth-order valence-electron chi connectivity index (χ4n) is 2.41. The Morgan fingerprint density at radius 2 is 1.44 bits per heavy atom. The third kappa shape index (κ3) is 7.79. The zero-order valence-corrected chi connectivity index (χ0v) is 15.1. The molecule has 0 saturated heterocycles. The van der Waals surface area contributed by atoms with Gasteiger partial charge in [-0.1, -0.05) is 31.0 Å². The molecule has 142 valence electrons. The van der Waals surface area contributed by atoms with Gasteiger partial charge < -0.3 is 5.32 Å². The van der Waals surface area contributed by atoms with Crippen LogP contribution in [0.5, 0.6) is 0 Å². The maximum absolute atomic E-state index is 12.1. The highest BCUT2D eigenvalue weighted by Gasteiger charge is 2.04. The topological polar surface area (TPSA) is 103 Å². The second-order valence-electron chi connectivity index (χ2n) is 6.04. The maximum Gasteiger partial charge on any atom is 0.251 e. The van der Waals surface area contributed by atoms with Gasteiger partial charge in [0, 0.05) is 18.5 Å². The van der Waals surface area contributed by atoms with Crippen molar-refractivity contribution in [3.8, 4) is 0 Å². The molecule has 2 aromatic rings. The molecule has 0 spiro atoms. The number of benzene rings is 2. The highest BCUT2D eigenvalue weighted by Crippen LogP contribution is 2.18. The first-order valence-electron chi connectivity index (χ1n) is 8.97. The van der Waals surface area contributed by atoms with Crippen molar-refractivity contribution in [1.29, 1.82) is 0 Å². The Morgan fingerprint density at radius 3 is 2.11 bits per heavy atom. The lowest BCUT2D eigenvalue weighted by atomic mass is 10.1. The van der Waals surface area contributed by atoms with Crippen molar-refractivity contribution in [2.45, 2.75) is 32.1 Å². The lowest BCUT2D eigenvalue weighted by molar-refractivity contribution is -0.129. The quantitative estimate of drug-likeness (QED) is 0.252. The summed E-state index contributed by atoms with van der Waals surface area (Å²) in [5.41, 5.74) is 3.65. The van der Waals surface area contributed by atoms with E-state index in [2.05, 4.69) is 15.5 Å². The molecule has 27 heavy (non-hydrogen) atoms. The smallest absolute Gasteiger partial charge is 0.251 e. The summed E-state index contributed by atoms with van der Waals surface area (Å²) >= 11 is 0. The van der Waals surface area contributed by atoms with Gasteiger partial charge in [-0.3, -0.25) is 14.8 Å². The number of hydroxylamine groups is 1. The van der Waals surface area contributed by atoms with Gasteiger partial charge >= 0.3 is 0 Å². The van der Waals surface area contributed by atoms with E-state index in [0.29, 0.717) is 24.2 Å². The first kappa shape index (κ1) is 20.3. The lowest BCUT2D eigenvalue weighted by Gasteiger charge is -2.05. The molecule has 2 amide bonds. The molecule has 0 radical (unpaired) electrons.